The first-order chi connectivity index (χ1) is 9.25. The van der Waals surface area contributed by atoms with Crippen molar-refractivity contribution in [3.63, 3.8) is 0 Å². The predicted molar refractivity (Wildman–Crippen MR) is 62.5 cm³/mol. The molecule has 0 unspecified atom stereocenters. The number of alkyl halides is 4. The van der Waals surface area contributed by atoms with Gasteiger partial charge in [-0.2, -0.15) is 8.78 Å². The maximum absolute atomic E-state index is 13.0. The van der Waals surface area contributed by atoms with Gasteiger partial charge in [0.2, 0.25) is 11.2 Å². The summed E-state index contributed by atoms with van der Waals surface area (Å²) in [5, 5.41) is -0.110. The lowest BCUT2D eigenvalue weighted by Gasteiger charge is -2.13. The van der Waals surface area contributed by atoms with Crippen LogP contribution < -0.4 is 5.43 Å². The number of aryl methyl sites for hydroxylation is 1. The lowest BCUT2D eigenvalue weighted by atomic mass is 10.0. The van der Waals surface area contributed by atoms with E-state index in [2.05, 4.69) is 0 Å². The molecule has 0 N–H and O–H groups in total. The zero-order valence-electron chi connectivity index (χ0n) is 10.1. The van der Waals surface area contributed by atoms with Crippen LogP contribution in [-0.4, -0.2) is 18.1 Å². The number of benzene rings is 1. The second kappa shape index (κ2) is 4.73. The van der Waals surface area contributed by atoms with Crippen molar-refractivity contribution in [2.24, 2.45) is 0 Å². The Hall–Kier alpha value is -2.18. The van der Waals surface area contributed by atoms with Crippen LogP contribution in [0, 0.1) is 6.92 Å². The Morgan fingerprint density at radius 3 is 2.55 bits per heavy atom. The molecule has 0 radical (unpaired) electrons. The number of ketones is 1. The summed E-state index contributed by atoms with van der Waals surface area (Å²) in [5.41, 5.74) is -1.43. The second-order valence-corrected chi connectivity index (χ2v) is 4.23. The Morgan fingerprint density at radius 1 is 1.30 bits per heavy atom. The van der Waals surface area contributed by atoms with Crippen molar-refractivity contribution < 1.29 is 26.8 Å². The van der Waals surface area contributed by atoms with Crippen LogP contribution in [0.2, 0.25) is 0 Å². The van der Waals surface area contributed by atoms with Gasteiger partial charge >= 0.3 is 12.3 Å². The van der Waals surface area contributed by atoms with Crippen LogP contribution in [0.15, 0.2) is 33.7 Å². The van der Waals surface area contributed by atoms with E-state index in [1.54, 1.807) is 13.0 Å². The molecule has 0 bridgehead atoms. The highest BCUT2D eigenvalue weighted by molar-refractivity contribution is 6.03. The third-order valence-corrected chi connectivity index (χ3v) is 2.75. The molecule has 7 heteroatoms. The van der Waals surface area contributed by atoms with Gasteiger partial charge in [-0.15, -0.1) is 0 Å². The van der Waals surface area contributed by atoms with E-state index < -0.39 is 29.1 Å². The number of hydrogen-bond acceptors (Lipinski definition) is 3. The van der Waals surface area contributed by atoms with Gasteiger partial charge in [-0.1, -0.05) is 11.6 Å². The first-order valence-electron chi connectivity index (χ1n) is 5.48. The molecule has 0 saturated carbocycles. The zero-order valence-corrected chi connectivity index (χ0v) is 10.1. The van der Waals surface area contributed by atoms with Gasteiger partial charge in [0.15, 0.2) is 0 Å². The van der Waals surface area contributed by atoms with Crippen LogP contribution in [0.4, 0.5) is 17.6 Å². The molecule has 0 atom stereocenters. The van der Waals surface area contributed by atoms with E-state index in [1.807, 2.05) is 0 Å². The minimum atomic E-state index is -4.92. The molecule has 1 aromatic heterocycles. The molecule has 1 heterocycles. The average Bonchev–Trinajstić information content (AvgIpc) is 2.39. The fourth-order valence-corrected chi connectivity index (χ4v) is 1.68. The lowest BCUT2D eigenvalue weighted by molar-refractivity contribution is -0.0959. The molecular weight excluding hydrogens is 280 g/mol. The fraction of sp³-hybridized carbons (Fsp3) is 0.231. The third-order valence-electron chi connectivity index (χ3n) is 2.75. The smallest absolute Gasteiger partial charge is 0.369 e. The maximum Gasteiger partial charge on any atom is 0.369 e. The number of rotatable bonds is 3. The predicted octanol–water partition coefficient (Wildman–Crippen LogP) is 3.18. The van der Waals surface area contributed by atoms with Crippen molar-refractivity contribution in [3.8, 4) is 0 Å². The molecule has 0 aliphatic heterocycles. The molecule has 0 fully saturated rings. The van der Waals surface area contributed by atoms with E-state index in [0.717, 1.165) is 0 Å². The molecule has 3 nitrogen and oxygen atoms in total. The highest BCUT2D eigenvalue weighted by atomic mass is 19.3. The minimum absolute atomic E-state index is 0.0810. The molecule has 0 aliphatic rings. The van der Waals surface area contributed by atoms with Crippen LogP contribution in [0.25, 0.3) is 11.0 Å². The summed E-state index contributed by atoms with van der Waals surface area (Å²) >= 11 is 0. The molecule has 0 saturated heterocycles. The number of carbonyl (C=O) groups is 1. The summed E-state index contributed by atoms with van der Waals surface area (Å²) in [6.45, 7) is 1.64. The largest absolute Gasteiger partial charge is 0.463 e. The summed E-state index contributed by atoms with van der Waals surface area (Å²) < 4.78 is 55.2. The highest BCUT2D eigenvalue weighted by Crippen LogP contribution is 2.27. The Kier molecular flexibility index (Phi) is 3.37. The Balaban J connectivity index is 2.65. The summed E-state index contributed by atoms with van der Waals surface area (Å²) in [4.78, 5) is 23.3. The van der Waals surface area contributed by atoms with Crippen molar-refractivity contribution in [2.45, 2.75) is 19.3 Å². The molecular formula is C13H8F4O3. The standard InChI is InChI=1S/C13H8F4O3/c1-6-2-3-9-7(4-6)10(18)8(5-20-9)11(19)13(16,17)12(14)15/h2-5,12H,1H3. The first kappa shape index (κ1) is 14.2. The van der Waals surface area contributed by atoms with Crippen molar-refractivity contribution in [1.29, 1.82) is 0 Å². The zero-order chi connectivity index (χ0) is 15.1. The van der Waals surface area contributed by atoms with Gasteiger partial charge in [-0.3, -0.25) is 9.59 Å². The van der Waals surface area contributed by atoms with Crippen LogP contribution in [0.5, 0.6) is 0 Å². The van der Waals surface area contributed by atoms with Gasteiger partial charge in [0.1, 0.15) is 17.4 Å². The third kappa shape index (κ3) is 2.19. The number of halogens is 4. The topological polar surface area (TPSA) is 47.3 Å². The van der Waals surface area contributed by atoms with Gasteiger partial charge in [-0.25, -0.2) is 8.78 Å². The van der Waals surface area contributed by atoms with Crippen molar-refractivity contribution in [3.05, 3.63) is 45.8 Å². The number of Topliss-reactive ketones (excluding diaryl/α,β-unsaturated/α-hetero) is 1. The van der Waals surface area contributed by atoms with E-state index in [-0.39, 0.29) is 11.0 Å². The SMILES string of the molecule is Cc1ccc2occ(C(=O)C(F)(F)C(F)F)c(=O)c2c1. The molecule has 0 aliphatic carbocycles. The Bertz CT molecular complexity index is 734. The van der Waals surface area contributed by atoms with E-state index in [9.17, 15) is 27.2 Å². The molecule has 0 amide bonds. The second-order valence-electron chi connectivity index (χ2n) is 4.23. The van der Waals surface area contributed by atoms with Gasteiger partial charge < -0.3 is 4.42 Å². The summed E-state index contributed by atoms with van der Waals surface area (Å²) in [6, 6.07) is 4.37. The van der Waals surface area contributed by atoms with Crippen molar-refractivity contribution >= 4 is 16.8 Å². The van der Waals surface area contributed by atoms with Crippen molar-refractivity contribution in [2.75, 3.05) is 0 Å². The van der Waals surface area contributed by atoms with Gasteiger partial charge in [-0.05, 0) is 19.1 Å². The van der Waals surface area contributed by atoms with Gasteiger partial charge in [0.05, 0.1) is 5.39 Å². The lowest BCUT2D eigenvalue weighted by Crippen LogP contribution is -2.39. The molecule has 106 valence electrons. The van der Waals surface area contributed by atoms with Gasteiger partial charge in [0, 0.05) is 0 Å². The van der Waals surface area contributed by atoms with E-state index >= 15 is 0 Å². The number of carbonyl (C=O) groups excluding carboxylic acids is 1. The quantitative estimate of drug-likeness (QED) is 0.643. The molecule has 1 aromatic carbocycles. The summed E-state index contributed by atoms with van der Waals surface area (Å²) in [5.74, 6) is -7.17. The average molecular weight is 288 g/mol. The van der Waals surface area contributed by atoms with Crippen LogP contribution in [-0.2, 0) is 0 Å². The fourth-order valence-electron chi connectivity index (χ4n) is 1.68. The van der Waals surface area contributed by atoms with Gasteiger partial charge in [0.25, 0.3) is 0 Å². The van der Waals surface area contributed by atoms with Crippen molar-refractivity contribution in [1.82, 2.24) is 0 Å². The Labute approximate surface area is 109 Å². The van der Waals surface area contributed by atoms with Crippen LogP contribution >= 0.6 is 0 Å². The summed E-state index contributed by atoms with van der Waals surface area (Å²) in [6.07, 6.45) is -3.71. The Morgan fingerprint density at radius 2 is 1.95 bits per heavy atom. The molecule has 0 spiro atoms. The van der Waals surface area contributed by atoms with Crippen LogP contribution in [0.1, 0.15) is 15.9 Å². The number of fused-ring (bicyclic) bond motifs is 1. The normalized spacial score (nSPS) is 12.1. The minimum Gasteiger partial charge on any atom is -0.463 e. The van der Waals surface area contributed by atoms with E-state index in [4.69, 9.17) is 4.42 Å². The van der Waals surface area contributed by atoms with E-state index in [0.29, 0.717) is 11.8 Å². The highest BCUT2D eigenvalue weighted by Gasteiger charge is 2.50. The maximum atomic E-state index is 13.0. The first-order valence-corrected chi connectivity index (χ1v) is 5.48. The summed E-state index contributed by atoms with van der Waals surface area (Å²) in [7, 11) is 0. The van der Waals surface area contributed by atoms with E-state index in [1.165, 1.54) is 12.1 Å². The number of hydrogen-bond donors (Lipinski definition) is 0. The monoisotopic (exact) mass is 288 g/mol. The molecule has 2 rings (SSSR count). The van der Waals surface area contributed by atoms with Crippen LogP contribution in [0.3, 0.4) is 0 Å². The molecule has 20 heavy (non-hydrogen) atoms. The molecule has 2 aromatic rings.